The maximum absolute atomic E-state index is 5.01. The van der Waals surface area contributed by atoms with E-state index in [4.69, 9.17) is 15.1 Å². The minimum atomic E-state index is 0.651. The standard InChI is InChI=1S/C30H23N7/c1-20-12-14-22(15-13-20)25-18-27(36-26-11-7-6-10-24(26)32-30(36)33-25)28-21(2)34-37(23-8-4-3-5-9-23)29(28)35-17-16-31-19-35/h3-19H,1-2H3. The van der Waals surface area contributed by atoms with E-state index in [0.29, 0.717) is 5.78 Å². The first-order valence-electron chi connectivity index (χ1n) is 12.2. The lowest BCUT2D eigenvalue weighted by atomic mass is 10.1. The van der Waals surface area contributed by atoms with Gasteiger partial charge in [-0.1, -0.05) is 60.2 Å². The summed E-state index contributed by atoms with van der Waals surface area (Å²) in [5.74, 6) is 1.55. The molecule has 0 aliphatic carbocycles. The van der Waals surface area contributed by atoms with Crippen LogP contribution in [-0.2, 0) is 0 Å². The van der Waals surface area contributed by atoms with Gasteiger partial charge in [0, 0.05) is 18.0 Å². The Kier molecular flexibility index (Phi) is 4.75. The van der Waals surface area contributed by atoms with E-state index in [0.717, 1.165) is 50.7 Å². The van der Waals surface area contributed by atoms with Crippen LogP contribution in [0.4, 0.5) is 0 Å². The third-order valence-corrected chi connectivity index (χ3v) is 6.67. The number of fused-ring (bicyclic) bond motifs is 3. The fourth-order valence-corrected chi connectivity index (χ4v) is 4.90. The van der Waals surface area contributed by atoms with Crippen LogP contribution in [-0.4, -0.2) is 33.7 Å². The molecule has 0 bridgehead atoms. The fraction of sp³-hybridized carbons (Fsp3) is 0.0667. The van der Waals surface area contributed by atoms with Gasteiger partial charge in [0.1, 0.15) is 6.33 Å². The van der Waals surface area contributed by atoms with E-state index < -0.39 is 0 Å². The van der Waals surface area contributed by atoms with Gasteiger partial charge in [0.05, 0.1) is 39.4 Å². The van der Waals surface area contributed by atoms with Gasteiger partial charge < -0.3 is 0 Å². The van der Waals surface area contributed by atoms with Crippen molar-refractivity contribution in [3.63, 3.8) is 0 Å². The summed E-state index contributed by atoms with van der Waals surface area (Å²) in [5.41, 5.74) is 8.84. The zero-order valence-electron chi connectivity index (χ0n) is 20.4. The maximum atomic E-state index is 5.01. The second kappa shape index (κ2) is 8.27. The van der Waals surface area contributed by atoms with Crippen molar-refractivity contribution in [3.05, 3.63) is 115 Å². The molecule has 178 valence electrons. The highest BCUT2D eigenvalue weighted by atomic mass is 15.4. The van der Waals surface area contributed by atoms with Crippen LogP contribution in [0.15, 0.2) is 104 Å². The molecule has 37 heavy (non-hydrogen) atoms. The monoisotopic (exact) mass is 481 g/mol. The Morgan fingerprint density at radius 2 is 1.57 bits per heavy atom. The number of aromatic nitrogens is 7. The van der Waals surface area contributed by atoms with Gasteiger partial charge in [-0.15, -0.1) is 0 Å². The topological polar surface area (TPSA) is 65.8 Å². The molecule has 3 aromatic carbocycles. The quantitative estimate of drug-likeness (QED) is 0.300. The minimum absolute atomic E-state index is 0.651. The molecule has 0 spiro atoms. The number of imidazole rings is 2. The summed E-state index contributed by atoms with van der Waals surface area (Å²) in [7, 11) is 0. The van der Waals surface area contributed by atoms with Gasteiger partial charge in [-0.3, -0.25) is 8.97 Å². The van der Waals surface area contributed by atoms with Gasteiger partial charge in [0.15, 0.2) is 5.82 Å². The molecular formula is C30H23N7. The number of hydrogen-bond acceptors (Lipinski definition) is 4. The molecular weight excluding hydrogens is 458 g/mol. The van der Waals surface area contributed by atoms with Crippen LogP contribution in [0.3, 0.4) is 0 Å². The van der Waals surface area contributed by atoms with Gasteiger partial charge in [0.2, 0.25) is 5.78 Å². The molecule has 0 amide bonds. The normalized spacial score (nSPS) is 11.5. The Bertz CT molecular complexity index is 1880. The second-order valence-electron chi connectivity index (χ2n) is 9.13. The van der Waals surface area contributed by atoms with Crippen molar-refractivity contribution in [2.45, 2.75) is 13.8 Å². The molecule has 0 aliphatic heterocycles. The number of benzene rings is 3. The average molecular weight is 482 g/mol. The summed E-state index contributed by atoms with van der Waals surface area (Å²) in [4.78, 5) is 14.2. The van der Waals surface area contributed by atoms with Crippen LogP contribution in [0.25, 0.3) is 50.8 Å². The summed E-state index contributed by atoms with van der Waals surface area (Å²) in [5, 5.41) is 5.01. The summed E-state index contributed by atoms with van der Waals surface area (Å²) in [6, 6.07) is 28.9. The Morgan fingerprint density at radius 3 is 2.35 bits per heavy atom. The molecule has 0 saturated heterocycles. The lowest BCUT2D eigenvalue weighted by Gasteiger charge is -2.13. The summed E-state index contributed by atoms with van der Waals surface area (Å²) < 4.78 is 6.12. The molecule has 0 aliphatic rings. The molecule has 0 atom stereocenters. The van der Waals surface area contributed by atoms with Gasteiger partial charge in [0.25, 0.3) is 0 Å². The third kappa shape index (κ3) is 3.43. The number of para-hydroxylation sites is 3. The lowest BCUT2D eigenvalue weighted by molar-refractivity contribution is 0.812. The number of rotatable bonds is 4. The summed E-state index contributed by atoms with van der Waals surface area (Å²) >= 11 is 0. The SMILES string of the molecule is Cc1ccc(-c2cc(-c3c(C)nn(-c4ccccc4)c3-n3ccnc3)n3c(n2)nc2ccccc23)cc1. The smallest absolute Gasteiger partial charge is 0.235 e. The molecule has 0 unspecified atom stereocenters. The molecule has 0 radical (unpaired) electrons. The van der Waals surface area contributed by atoms with E-state index in [9.17, 15) is 0 Å². The van der Waals surface area contributed by atoms with Crippen molar-refractivity contribution in [2.24, 2.45) is 0 Å². The molecule has 7 heteroatoms. The Labute approximate surface area is 213 Å². The first-order chi connectivity index (χ1) is 18.2. The van der Waals surface area contributed by atoms with Gasteiger partial charge in [-0.05, 0) is 44.2 Å². The molecule has 7 nitrogen and oxygen atoms in total. The number of aryl methyl sites for hydroxylation is 2. The zero-order chi connectivity index (χ0) is 24.9. The summed E-state index contributed by atoms with van der Waals surface area (Å²) in [6.45, 7) is 4.14. The zero-order valence-corrected chi connectivity index (χ0v) is 20.4. The van der Waals surface area contributed by atoms with Crippen LogP contribution in [0.1, 0.15) is 11.3 Å². The van der Waals surface area contributed by atoms with Crippen LogP contribution >= 0.6 is 0 Å². The van der Waals surface area contributed by atoms with Crippen LogP contribution in [0.5, 0.6) is 0 Å². The van der Waals surface area contributed by atoms with E-state index in [1.807, 2.05) is 65.1 Å². The van der Waals surface area contributed by atoms with Crippen molar-refractivity contribution in [2.75, 3.05) is 0 Å². The Balaban J connectivity index is 1.61. The lowest BCUT2D eigenvalue weighted by Crippen LogP contribution is -2.06. The Hall–Kier alpha value is -5.04. The first-order valence-corrected chi connectivity index (χ1v) is 12.2. The molecule has 0 fully saturated rings. The molecule has 4 heterocycles. The molecule has 7 aromatic rings. The summed E-state index contributed by atoms with van der Waals surface area (Å²) in [6.07, 6.45) is 5.54. The van der Waals surface area contributed by atoms with E-state index in [1.54, 1.807) is 6.20 Å². The highest BCUT2D eigenvalue weighted by Gasteiger charge is 2.24. The third-order valence-electron chi connectivity index (χ3n) is 6.67. The second-order valence-corrected chi connectivity index (χ2v) is 9.13. The van der Waals surface area contributed by atoms with E-state index in [1.165, 1.54) is 5.56 Å². The van der Waals surface area contributed by atoms with Crippen LogP contribution < -0.4 is 0 Å². The predicted octanol–water partition coefficient (Wildman–Crippen LogP) is 6.20. The number of hydrogen-bond donors (Lipinski definition) is 0. The molecule has 7 rings (SSSR count). The number of nitrogens with zero attached hydrogens (tertiary/aromatic N) is 7. The van der Waals surface area contributed by atoms with Crippen molar-refractivity contribution in [1.29, 1.82) is 0 Å². The predicted molar refractivity (Wildman–Crippen MR) is 145 cm³/mol. The van der Waals surface area contributed by atoms with E-state index >= 15 is 0 Å². The highest BCUT2D eigenvalue weighted by Crippen LogP contribution is 2.36. The largest absolute Gasteiger partial charge is 0.290 e. The fourth-order valence-electron chi connectivity index (χ4n) is 4.90. The molecule has 0 saturated carbocycles. The average Bonchev–Trinajstić information content (AvgIpc) is 3.66. The highest BCUT2D eigenvalue weighted by molar-refractivity contribution is 5.86. The minimum Gasteiger partial charge on any atom is -0.290 e. The Morgan fingerprint density at radius 1 is 0.784 bits per heavy atom. The van der Waals surface area contributed by atoms with E-state index in [-0.39, 0.29) is 0 Å². The molecule has 0 N–H and O–H groups in total. The first kappa shape index (κ1) is 21.3. The van der Waals surface area contributed by atoms with E-state index in [2.05, 4.69) is 64.8 Å². The van der Waals surface area contributed by atoms with Gasteiger partial charge in [-0.2, -0.15) is 5.10 Å². The van der Waals surface area contributed by atoms with Crippen LogP contribution in [0, 0.1) is 13.8 Å². The van der Waals surface area contributed by atoms with Crippen molar-refractivity contribution in [1.82, 2.24) is 33.7 Å². The van der Waals surface area contributed by atoms with Crippen molar-refractivity contribution in [3.8, 4) is 34.0 Å². The van der Waals surface area contributed by atoms with Crippen molar-refractivity contribution < 1.29 is 0 Å². The van der Waals surface area contributed by atoms with Gasteiger partial charge in [-0.25, -0.2) is 19.6 Å². The van der Waals surface area contributed by atoms with Crippen molar-refractivity contribution >= 4 is 16.8 Å². The molecule has 4 aromatic heterocycles. The van der Waals surface area contributed by atoms with Crippen LogP contribution in [0.2, 0.25) is 0 Å². The maximum Gasteiger partial charge on any atom is 0.235 e. The van der Waals surface area contributed by atoms with Gasteiger partial charge >= 0.3 is 0 Å².